The predicted molar refractivity (Wildman–Crippen MR) is 125 cm³/mol. The summed E-state index contributed by atoms with van der Waals surface area (Å²) in [5.41, 5.74) is -3.06. The fraction of sp³-hybridized carbons (Fsp3) is 0.440. The number of halogens is 5. The summed E-state index contributed by atoms with van der Waals surface area (Å²) in [6, 6.07) is 8.69. The molecule has 37 heavy (non-hydrogen) atoms. The lowest BCUT2D eigenvalue weighted by Crippen LogP contribution is -2.70. The number of ether oxygens (including phenoxy) is 2. The summed E-state index contributed by atoms with van der Waals surface area (Å²) in [5.74, 6) is -2.23. The van der Waals surface area contributed by atoms with E-state index >= 15 is 0 Å². The first-order chi connectivity index (χ1) is 17.4. The highest BCUT2D eigenvalue weighted by atomic mass is 35.5. The molecule has 5 rings (SSSR count). The highest BCUT2D eigenvalue weighted by Gasteiger charge is 2.55. The van der Waals surface area contributed by atoms with E-state index in [1.165, 1.54) is 0 Å². The molecule has 0 aliphatic heterocycles. The molecule has 3 fully saturated rings. The van der Waals surface area contributed by atoms with E-state index in [1.54, 1.807) is 24.3 Å². The molecule has 200 valence electrons. The van der Waals surface area contributed by atoms with Crippen molar-refractivity contribution < 1.29 is 41.7 Å². The molecule has 2 aromatic rings. The molecule has 7 nitrogen and oxygen atoms in total. The highest BCUT2D eigenvalue weighted by molar-refractivity contribution is 6.30. The minimum absolute atomic E-state index is 0.210. The lowest BCUT2D eigenvalue weighted by molar-refractivity contribution is -0.140. The average Bonchev–Trinajstić information content (AvgIpc) is 2.83. The van der Waals surface area contributed by atoms with Gasteiger partial charge < -0.3 is 25.2 Å². The van der Waals surface area contributed by atoms with Crippen LogP contribution in [0.25, 0.3) is 0 Å². The van der Waals surface area contributed by atoms with Gasteiger partial charge in [-0.15, -0.1) is 0 Å². The third-order valence-electron chi connectivity index (χ3n) is 6.91. The first-order valence-electron chi connectivity index (χ1n) is 11.6. The Hall–Kier alpha value is -3.05. The van der Waals surface area contributed by atoms with Crippen LogP contribution in [0, 0.1) is 5.82 Å². The first-order valence-corrected chi connectivity index (χ1v) is 12.0. The Morgan fingerprint density at radius 2 is 1.51 bits per heavy atom. The van der Waals surface area contributed by atoms with Crippen molar-refractivity contribution in [1.82, 2.24) is 10.6 Å². The largest absolute Gasteiger partial charge is 0.484 e. The predicted octanol–water partition coefficient (Wildman–Crippen LogP) is 4.00. The Labute approximate surface area is 215 Å². The van der Waals surface area contributed by atoms with Crippen LogP contribution in [-0.2, 0) is 15.8 Å². The third kappa shape index (κ3) is 6.27. The van der Waals surface area contributed by atoms with Gasteiger partial charge in [-0.05, 0) is 74.6 Å². The molecule has 0 heterocycles. The molecule has 3 saturated carbocycles. The SMILES string of the molecule is O=C(COc1ccc(Cl)cc1)NC12CCC(NC(=O)COc3ccc(F)c(C(F)(F)F)c3)(CC1)[C@@H](O)C2. The summed E-state index contributed by atoms with van der Waals surface area (Å²) in [7, 11) is 0. The summed E-state index contributed by atoms with van der Waals surface area (Å²) in [4.78, 5) is 25.0. The molecule has 3 aliphatic rings. The lowest BCUT2D eigenvalue weighted by Gasteiger charge is -2.56. The van der Waals surface area contributed by atoms with E-state index in [0.717, 1.165) is 6.07 Å². The highest BCUT2D eigenvalue weighted by Crippen LogP contribution is 2.47. The number of rotatable bonds is 8. The molecular weight excluding hydrogens is 520 g/mol. The zero-order valence-electron chi connectivity index (χ0n) is 19.5. The van der Waals surface area contributed by atoms with Gasteiger partial charge in [0, 0.05) is 10.6 Å². The van der Waals surface area contributed by atoms with Gasteiger partial charge in [0.05, 0.1) is 17.2 Å². The van der Waals surface area contributed by atoms with Gasteiger partial charge in [0.25, 0.3) is 11.8 Å². The number of aliphatic hydroxyl groups excluding tert-OH is 1. The van der Waals surface area contributed by atoms with Gasteiger partial charge in [-0.1, -0.05) is 11.6 Å². The van der Waals surface area contributed by atoms with Crippen molar-refractivity contribution in [3.05, 3.63) is 58.9 Å². The van der Waals surface area contributed by atoms with Gasteiger partial charge in [-0.3, -0.25) is 9.59 Å². The van der Waals surface area contributed by atoms with Crippen LogP contribution in [0.3, 0.4) is 0 Å². The van der Waals surface area contributed by atoms with Crippen molar-refractivity contribution in [2.45, 2.75) is 55.5 Å². The van der Waals surface area contributed by atoms with Crippen molar-refractivity contribution in [3.63, 3.8) is 0 Å². The zero-order chi connectivity index (χ0) is 26.8. The van der Waals surface area contributed by atoms with E-state index in [1.807, 2.05) is 0 Å². The number of fused-ring (bicyclic) bond motifs is 3. The van der Waals surface area contributed by atoms with Crippen LogP contribution in [0.15, 0.2) is 42.5 Å². The fourth-order valence-corrected chi connectivity index (χ4v) is 5.07. The first kappa shape index (κ1) is 27.0. The number of amides is 2. The number of benzene rings is 2. The molecule has 0 spiro atoms. The van der Waals surface area contributed by atoms with Crippen LogP contribution in [-0.4, -0.2) is 47.3 Å². The molecule has 3 aliphatic carbocycles. The maximum Gasteiger partial charge on any atom is 0.419 e. The zero-order valence-corrected chi connectivity index (χ0v) is 20.3. The maximum atomic E-state index is 13.4. The van der Waals surface area contributed by atoms with Crippen LogP contribution in [0.4, 0.5) is 17.6 Å². The average molecular weight is 545 g/mol. The molecule has 1 atom stereocenters. The van der Waals surface area contributed by atoms with Crippen LogP contribution >= 0.6 is 11.6 Å². The van der Waals surface area contributed by atoms with E-state index in [9.17, 15) is 32.3 Å². The third-order valence-corrected chi connectivity index (χ3v) is 7.16. The monoisotopic (exact) mass is 544 g/mol. The second-order valence-corrected chi connectivity index (χ2v) is 9.86. The summed E-state index contributed by atoms with van der Waals surface area (Å²) in [6.07, 6.45) is -3.87. The van der Waals surface area contributed by atoms with E-state index < -0.39 is 47.3 Å². The normalized spacial score (nSPS) is 24.9. The minimum Gasteiger partial charge on any atom is -0.484 e. The van der Waals surface area contributed by atoms with Crippen molar-refractivity contribution in [1.29, 1.82) is 0 Å². The summed E-state index contributed by atoms with van der Waals surface area (Å²) >= 11 is 5.83. The van der Waals surface area contributed by atoms with Gasteiger partial charge in [0.2, 0.25) is 0 Å². The second-order valence-electron chi connectivity index (χ2n) is 9.42. The summed E-state index contributed by atoms with van der Waals surface area (Å²) < 4.78 is 62.7. The van der Waals surface area contributed by atoms with Gasteiger partial charge in [0.1, 0.15) is 17.3 Å². The Morgan fingerprint density at radius 3 is 2.11 bits per heavy atom. The van der Waals surface area contributed by atoms with Crippen molar-refractivity contribution >= 4 is 23.4 Å². The van der Waals surface area contributed by atoms with Gasteiger partial charge in [0.15, 0.2) is 13.2 Å². The molecule has 0 saturated heterocycles. The molecular formula is C25H25ClF4N2O5. The van der Waals surface area contributed by atoms with Crippen molar-refractivity contribution in [3.8, 4) is 11.5 Å². The number of aliphatic hydroxyl groups is 1. The number of nitrogens with one attached hydrogen (secondary N) is 2. The van der Waals surface area contributed by atoms with Crippen LogP contribution < -0.4 is 20.1 Å². The Morgan fingerprint density at radius 1 is 0.946 bits per heavy atom. The van der Waals surface area contributed by atoms with Crippen LogP contribution in [0.5, 0.6) is 11.5 Å². The standard InChI is InChI=1S/C25H25ClF4N2O5/c26-15-1-3-16(4-2-15)36-13-21(34)31-23-7-9-24(10-8-23,20(33)12-23)32-22(35)14-37-17-5-6-19(27)18(11-17)25(28,29)30/h1-6,11,20,33H,7-10,12-14H2,(H,31,34)(H,32,35)/t20-,23?,24?/m0/s1. The minimum atomic E-state index is -4.90. The smallest absolute Gasteiger partial charge is 0.419 e. The quantitative estimate of drug-likeness (QED) is 0.437. The molecule has 3 N–H and O–H groups in total. The Kier molecular flexibility index (Phi) is 7.57. The second kappa shape index (κ2) is 10.4. The molecule has 2 aromatic carbocycles. The van der Waals surface area contributed by atoms with Crippen LogP contribution in [0.1, 0.15) is 37.7 Å². The molecule has 0 aromatic heterocycles. The van der Waals surface area contributed by atoms with Gasteiger partial charge in [-0.25, -0.2) is 4.39 Å². The molecule has 0 unspecified atom stereocenters. The molecule has 12 heteroatoms. The van der Waals surface area contributed by atoms with E-state index in [2.05, 4.69) is 10.6 Å². The Balaban J connectivity index is 1.28. The number of hydrogen-bond donors (Lipinski definition) is 3. The van der Waals surface area contributed by atoms with E-state index in [-0.39, 0.29) is 24.7 Å². The summed E-state index contributed by atoms with van der Waals surface area (Å²) in [6.45, 7) is -0.820. The van der Waals surface area contributed by atoms with Crippen LogP contribution in [0.2, 0.25) is 5.02 Å². The van der Waals surface area contributed by atoms with Crippen molar-refractivity contribution in [2.24, 2.45) is 0 Å². The van der Waals surface area contributed by atoms with Crippen molar-refractivity contribution in [2.75, 3.05) is 13.2 Å². The van der Waals surface area contributed by atoms with E-state index in [0.29, 0.717) is 48.6 Å². The number of carbonyl (C=O) groups is 2. The van der Waals surface area contributed by atoms with E-state index in [4.69, 9.17) is 21.1 Å². The molecule has 0 radical (unpaired) electrons. The lowest BCUT2D eigenvalue weighted by atomic mass is 9.60. The number of hydrogen-bond acceptors (Lipinski definition) is 5. The Bertz CT molecular complexity index is 1150. The summed E-state index contributed by atoms with van der Waals surface area (Å²) in [5, 5.41) is 17.1. The van der Waals surface area contributed by atoms with Gasteiger partial charge >= 0.3 is 6.18 Å². The fourth-order valence-electron chi connectivity index (χ4n) is 4.95. The number of alkyl halides is 3. The molecule has 2 bridgehead atoms. The molecule has 2 amide bonds. The number of carbonyl (C=O) groups excluding carboxylic acids is 2. The maximum absolute atomic E-state index is 13.4. The van der Waals surface area contributed by atoms with Gasteiger partial charge in [-0.2, -0.15) is 13.2 Å². The topological polar surface area (TPSA) is 96.9 Å².